The number of amides is 1. The van der Waals surface area contributed by atoms with Crippen LogP contribution in [0.1, 0.15) is 11.1 Å². The molecule has 0 bridgehead atoms. The Labute approximate surface area is 131 Å². The lowest BCUT2D eigenvalue weighted by Crippen LogP contribution is -2.49. The number of hydrogen-bond acceptors (Lipinski definition) is 3. The van der Waals surface area contributed by atoms with E-state index in [9.17, 15) is 4.79 Å². The summed E-state index contributed by atoms with van der Waals surface area (Å²) in [5, 5.41) is 0. The molecule has 1 aliphatic rings. The first-order valence-electron chi connectivity index (χ1n) is 7.72. The summed E-state index contributed by atoms with van der Waals surface area (Å²) in [6.45, 7) is 5.28. The van der Waals surface area contributed by atoms with Crippen LogP contribution in [-0.4, -0.2) is 42.0 Å². The molecule has 0 N–H and O–H groups in total. The fraction of sp³-hybridized carbons (Fsp3) is 0.333. The zero-order chi connectivity index (χ0) is 15.4. The molecule has 0 atom stereocenters. The Hall–Kier alpha value is -2.36. The molecule has 1 aliphatic heterocycles. The van der Waals surface area contributed by atoms with E-state index in [0.29, 0.717) is 6.42 Å². The number of carbonyl (C=O) groups excluding carboxylic acids is 1. The molecular weight excluding hydrogens is 274 g/mol. The summed E-state index contributed by atoms with van der Waals surface area (Å²) in [5.41, 5.74) is 2.31. The normalized spacial score (nSPS) is 15.0. The van der Waals surface area contributed by atoms with Gasteiger partial charge in [-0.15, -0.1) is 0 Å². The molecule has 4 heteroatoms. The zero-order valence-corrected chi connectivity index (χ0v) is 12.9. The smallest absolute Gasteiger partial charge is 0.227 e. The topological polar surface area (TPSA) is 36.4 Å². The molecule has 3 rings (SSSR count). The highest BCUT2D eigenvalue weighted by Gasteiger charge is 2.22. The standard InChI is InChI=1S/C18H21N3O/c1-15-6-2-3-7-16(15)14-18(22)21-12-10-20(11-13-21)17-8-4-5-9-19-17/h2-9H,10-14H2,1H3. The number of pyridine rings is 1. The fourth-order valence-corrected chi connectivity index (χ4v) is 2.81. The van der Waals surface area contributed by atoms with Crippen LogP contribution in [0, 0.1) is 6.92 Å². The second-order valence-electron chi connectivity index (χ2n) is 5.66. The highest BCUT2D eigenvalue weighted by Crippen LogP contribution is 2.14. The summed E-state index contributed by atoms with van der Waals surface area (Å²) >= 11 is 0. The molecule has 2 heterocycles. The molecule has 1 aromatic carbocycles. The molecular formula is C18H21N3O. The molecule has 1 aromatic heterocycles. The minimum atomic E-state index is 0.218. The summed E-state index contributed by atoms with van der Waals surface area (Å²) in [7, 11) is 0. The number of anilines is 1. The number of aromatic nitrogens is 1. The molecule has 0 aliphatic carbocycles. The SMILES string of the molecule is Cc1ccccc1CC(=O)N1CCN(c2ccccn2)CC1. The lowest BCUT2D eigenvalue weighted by Gasteiger charge is -2.35. The molecule has 1 amide bonds. The van der Waals surface area contributed by atoms with Crippen LogP contribution in [0.4, 0.5) is 5.82 Å². The minimum absolute atomic E-state index is 0.218. The summed E-state index contributed by atoms with van der Waals surface area (Å²) in [6.07, 6.45) is 2.31. The van der Waals surface area contributed by atoms with Gasteiger partial charge in [0.15, 0.2) is 0 Å². The first kappa shape index (κ1) is 14.6. The van der Waals surface area contributed by atoms with Crippen molar-refractivity contribution in [2.24, 2.45) is 0 Å². The van der Waals surface area contributed by atoms with Crippen LogP contribution in [-0.2, 0) is 11.2 Å². The molecule has 4 nitrogen and oxygen atoms in total. The van der Waals surface area contributed by atoms with Crippen molar-refractivity contribution >= 4 is 11.7 Å². The van der Waals surface area contributed by atoms with E-state index < -0.39 is 0 Å². The number of piperazine rings is 1. The van der Waals surface area contributed by atoms with E-state index in [1.807, 2.05) is 47.5 Å². The number of nitrogens with zero attached hydrogens (tertiary/aromatic N) is 3. The van der Waals surface area contributed by atoms with Crippen molar-refractivity contribution in [3.05, 3.63) is 59.8 Å². The third-order valence-corrected chi connectivity index (χ3v) is 4.21. The second-order valence-corrected chi connectivity index (χ2v) is 5.66. The Balaban J connectivity index is 1.57. The molecule has 2 aromatic rings. The third kappa shape index (κ3) is 3.27. The summed E-state index contributed by atoms with van der Waals surface area (Å²) in [6, 6.07) is 14.0. The number of carbonyl (C=O) groups is 1. The highest BCUT2D eigenvalue weighted by atomic mass is 16.2. The quantitative estimate of drug-likeness (QED) is 0.871. The van der Waals surface area contributed by atoms with E-state index in [0.717, 1.165) is 37.6 Å². The lowest BCUT2D eigenvalue weighted by atomic mass is 10.1. The number of benzene rings is 1. The molecule has 0 saturated carbocycles. The fourth-order valence-electron chi connectivity index (χ4n) is 2.81. The van der Waals surface area contributed by atoms with Crippen molar-refractivity contribution in [1.82, 2.24) is 9.88 Å². The summed E-state index contributed by atoms with van der Waals surface area (Å²) < 4.78 is 0. The molecule has 114 valence electrons. The van der Waals surface area contributed by atoms with Gasteiger partial charge in [0.05, 0.1) is 6.42 Å². The second kappa shape index (κ2) is 6.60. The predicted molar refractivity (Wildman–Crippen MR) is 87.9 cm³/mol. The van der Waals surface area contributed by atoms with E-state index in [4.69, 9.17) is 0 Å². The number of rotatable bonds is 3. The van der Waals surface area contributed by atoms with Gasteiger partial charge in [-0.3, -0.25) is 4.79 Å². The van der Waals surface area contributed by atoms with Crippen LogP contribution in [0.3, 0.4) is 0 Å². The van der Waals surface area contributed by atoms with Crippen LogP contribution in [0.5, 0.6) is 0 Å². The average Bonchev–Trinajstić information content (AvgIpc) is 2.58. The number of aryl methyl sites for hydroxylation is 1. The van der Waals surface area contributed by atoms with Crippen molar-refractivity contribution in [3.63, 3.8) is 0 Å². The Morgan fingerprint density at radius 2 is 1.77 bits per heavy atom. The number of hydrogen-bond donors (Lipinski definition) is 0. The Morgan fingerprint density at radius 1 is 1.05 bits per heavy atom. The van der Waals surface area contributed by atoms with Crippen LogP contribution >= 0.6 is 0 Å². The van der Waals surface area contributed by atoms with Gasteiger partial charge in [-0.25, -0.2) is 4.98 Å². The zero-order valence-electron chi connectivity index (χ0n) is 12.9. The van der Waals surface area contributed by atoms with Gasteiger partial charge in [0.25, 0.3) is 0 Å². The van der Waals surface area contributed by atoms with Gasteiger partial charge in [-0.1, -0.05) is 30.3 Å². The van der Waals surface area contributed by atoms with Gasteiger partial charge in [-0.05, 0) is 30.2 Å². The molecule has 0 spiro atoms. The van der Waals surface area contributed by atoms with Crippen LogP contribution in [0.15, 0.2) is 48.7 Å². The molecule has 0 radical (unpaired) electrons. The van der Waals surface area contributed by atoms with E-state index in [1.54, 1.807) is 0 Å². The van der Waals surface area contributed by atoms with Gasteiger partial charge < -0.3 is 9.80 Å². The van der Waals surface area contributed by atoms with Crippen molar-refractivity contribution in [2.45, 2.75) is 13.3 Å². The van der Waals surface area contributed by atoms with Crippen LogP contribution in [0.25, 0.3) is 0 Å². The maximum absolute atomic E-state index is 12.5. The summed E-state index contributed by atoms with van der Waals surface area (Å²) in [5.74, 6) is 1.21. The van der Waals surface area contributed by atoms with Gasteiger partial charge in [-0.2, -0.15) is 0 Å². The van der Waals surface area contributed by atoms with E-state index in [2.05, 4.69) is 22.9 Å². The van der Waals surface area contributed by atoms with E-state index in [-0.39, 0.29) is 5.91 Å². The monoisotopic (exact) mass is 295 g/mol. The molecule has 0 unspecified atom stereocenters. The van der Waals surface area contributed by atoms with E-state index in [1.165, 1.54) is 5.56 Å². The molecule has 22 heavy (non-hydrogen) atoms. The van der Waals surface area contributed by atoms with Crippen LogP contribution in [0.2, 0.25) is 0 Å². The average molecular weight is 295 g/mol. The van der Waals surface area contributed by atoms with E-state index >= 15 is 0 Å². The van der Waals surface area contributed by atoms with Gasteiger partial charge in [0.1, 0.15) is 5.82 Å². The predicted octanol–water partition coefficient (Wildman–Crippen LogP) is 2.28. The van der Waals surface area contributed by atoms with Crippen molar-refractivity contribution in [1.29, 1.82) is 0 Å². The molecule has 1 saturated heterocycles. The molecule has 1 fully saturated rings. The first-order valence-corrected chi connectivity index (χ1v) is 7.72. The van der Waals surface area contributed by atoms with Gasteiger partial charge in [0, 0.05) is 32.4 Å². The largest absolute Gasteiger partial charge is 0.353 e. The van der Waals surface area contributed by atoms with Gasteiger partial charge in [0.2, 0.25) is 5.91 Å². The first-order chi connectivity index (χ1) is 10.7. The van der Waals surface area contributed by atoms with Crippen molar-refractivity contribution in [3.8, 4) is 0 Å². The van der Waals surface area contributed by atoms with Crippen molar-refractivity contribution in [2.75, 3.05) is 31.1 Å². The Bertz CT molecular complexity index is 634. The lowest BCUT2D eigenvalue weighted by molar-refractivity contribution is -0.130. The summed E-state index contributed by atoms with van der Waals surface area (Å²) in [4.78, 5) is 21.0. The Morgan fingerprint density at radius 3 is 2.45 bits per heavy atom. The third-order valence-electron chi connectivity index (χ3n) is 4.21. The van der Waals surface area contributed by atoms with Gasteiger partial charge >= 0.3 is 0 Å². The maximum Gasteiger partial charge on any atom is 0.227 e. The van der Waals surface area contributed by atoms with Crippen molar-refractivity contribution < 1.29 is 4.79 Å². The van der Waals surface area contributed by atoms with Crippen LogP contribution < -0.4 is 4.90 Å². The maximum atomic E-state index is 12.5. The Kier molecular flexibility index (Phi) is 4.37. The highest BCUT2D eigenvalue weighted by molar-refractivity contribution is 5.79. The minimum Gasteiger partial charge on any atom is -0.353 e.